The number of nitrogens with zero attached hydrogens (tertiary/aromatic N) is 1. The van der Waals surface area contributed by atoms with Crippen molar-refractivity contribution in [3.05, 3.63) is 64.9 Å². The Balaban J connectivity index is 1.73. The van der Waals surface area contributed by atoms with E-state index in [9.17, 15) is 4.79 Å². The number of carbonyl (C=O) groups is 1. The normalized spacial score (nSPS) is 15.0. The zero-order chi connectivity index (χ0) is 18.5. The van der Waals surface area contributed by atoms with Gasteiger partial charge < -0.3 is 14.2 Å². The summed E-state index contributed by atoms with van der Waals surface area (Å²) in [6.07, 6.45) is 2.99. The Hall–Kier alpha value is -3.08. The van der Waals surface area contributed by atoms with E-state index < -0.39 is 5.97 Å². The average Bonchev–Trinajstić information content (AvgIpc) is 3.00. The van der Waals surface area contributed by atoms with E-state index in [1.807, 2.05) is 49.4 Å². The Bertz CT molecular complexity index is 866. The summed E-state index contributed by atoms with van der Waals surface area (Å²) in [5, 5.41) is 0. The summed E-state index contributed by atoms with van der Waals surface area (Å²) in [4.78, 5) is 16.4. The molecule has 0 radical (unpaired) electrons. The van der Waals surface area contributed by atoms with E-state index >= 15 is 0 Å². The molecule has 2 aromatic carbocycles. The van der Waals surface area contributed by atoms with Gasteiger partial charge in [-0.2, -0.15) is 0 Å². The summed E-state index contributed by atoms with van der Waals surface area (Å²) in [6.45, 7) is 1.98. The molecule has 1 heterocycles. The lowest BCUT2D eigenvalue weighted by Gasteiger charge is -2.05. The van der Waals surface area contributed by atoms with Crippen LogP contribution < -0.4 is 9.47 Å². The summed E-state index contributed by atoms with van der Waals surface area (Å²) < 4.78 is 15.8. The third-order valence-corrected chi connectivity index (χ3v) is 4.13. The van der Waals surface area contributed by atoms with Gasteiger partial charge in [-0.1, -0.05) is 23.8 Å². The number of cyclic esters (lactones) is 1. The van der Waals surface area contributed by atoms with Gasteiger partial charge in [-0.15, -0.1) is 0 Å². The van der Waals surface area contributed by atoms with Crippen LogP contribution in [0.1, 0.15) is 23.1 Å². The summed E-state index contributed by atoms with van der Waals surface area (Å²) >= 11 is 0. The second kappa shape index (κ2) is 7.87. The maximum atomic E-state index is 12.1. The highest BCUT2D eigenvalue weighted by Crippen LogP contribution is 2.25. The van der Waals surface area contributed by atoms with Crippen LogP contribution in [0.3, 0.4) is 0 Å². The van der Waals surface area contributed by atoms with Gasteiger partial charge in [0.15, 0.2) is 11.6 Å². The van der Waals surface area contributed by atoms with Gasteiger partial charge in [0.1, 0.15) is 11.5 Å². The maximum absolute atomic E-state index is 12.1. The van der Waals surface area contributed by atoms with Crippen LogP contribution in [-0.4, -0.2) is 26.1 Å². The standard InChI is InChI=1S/C21H21NO4/c1-14-4-10-19(25-3)16(12-14)13-18-21(23)26-20(22-18)11-7-15-5-8-17(24-2)9-6-15/h4-6,8-10,12-13H,7,11H2,1-3H3/b18-13+. The first-order chi connectivity index (χ1) is 12.6. The SMILES string of the molecule is COc1ccc(CCC2=N/C(=C/c3cc(C)ccc3OC)C(=O)O2)cc1. The molecule has 0 aliphatic carbocycles. The third-order valence-electron chi connectivity index (χ3n) is 4.13. The number of carbonyl (C=O) groups excluding carboxylic acids is 1. The van der Waals surface area contributed by atoms with Crippen LogP contribution in [0, 0.1) is 6.92 Å². The van der Waals surface area contributed by atoms with Gasteiger partial charge in [-0.3, -0.25) is 0 Å². The number of benzene rings is 2. The molecule has 0 unspecified atom stereocenters. The van der Waals surface area contributed by atoms with Gasteiger partial charge in [0.25, 0.3) is 0 Å². The van der Waals surface area contributed by atoms with Crippen molar-refractivity contribution < 1.29 is 19.0 Å². The van der Waals surface area contributed by atoms with Crippen molar-refractivity contribution in [1.82, 2.24) is 0 Å². The van der Waals surface area contributed by atoms with E-state index in [-0.39, 0.29) is 0 Å². The van der Waals surface area contributed by atoms with Crippen LogP contribution in [0.15, 0.2) is 53.2 Å². The lowest BCUT2D eigenvalue weighted by Crippen LogP contribution is -2.05. The highest BCUT2D eigenvalue weighted by Gasteiger charge is 2.23. The fourth-order valence-electron chi connectivity index (χ4n) is 2.72. The minimum Gasteiger partial charge on any atom is -0.497 e. The molecule has 26 heavy (non-hydrogen) atoms. The molecule has 0 N–H and O–H groups in total. The monoisotopic (exact) mass is 351 g/mol. The Labute approximate surface area is 152 Å². The van der Waals surface area contributed by atoms with Crippen molar-refractivity contribution in [2.45, 2.75) is 19.8 Å². The van der Waals surface area contributed by atoms with Crippen LogP contribution >= 0.6 is 0 Å². The molecule has 5 heteroatoms. The molecule has 1 aliphatic heterocycles. The molecule has 0 atom stereocenters. The second-order valence-electron chi connectivity index (χ2n) is 6.02. The number of aliphatic imine (C=N–C) groups is 1. The minimum absolute atomic E-state index is 0.290. The molecule has 0 spiro atoms. The molecule has 0 saturated heterocycles. The minimum atomic E-state index is -0.432. The zero-order valence-corrected chi connectivity index (χ0v) is 15.1. The van der Waals surface area contributed by atoms with Gasteiger partial charge in [-0.25, -0.2) is 9.79 Å². The largest absolute Gasteiger partial charge is 0.497 e. The van der Waals surface area contributed by atoms with Crippen LogP contribution in [0.5, 0.6) is 11.5 Å². The molecule has 0 aromatic heterocycles. The molecule has 1 aliphatic rings. The topological polar surface area (TPSA) is 57.1 Å². The third kappa shape index (κ3) is 4.11. The average molecular weight is 351 g/mol. The Morgan fingerprint density at radius 2 is 1.81 bits per heavy atom. The van der Waals surface area contributed by atoms with Crippen molar-refractivity contribution in [3.63, 3.8) is 0 Å². The first-order valence-electron chi connectivity index (χ1n) is 8.38. The molecular formula is C21H21NO4. The molecule has 0 fully saturated rings. The van der Waals surface area contributed by atoms with Gasteiger partial charge in [-0.05, 0) is 49.2 Å². The molecule has 5 nitrogen and oxygen atoms in total. The predicted molar refractivity (Wildman–Crippen MR) is 101 cm³/mol. The summed E-state index contributed by atoms with van der Waals surface area (Å²) in [5.74, 6) is 1.51. The number of rotatable bonds is 6. The van der Waals surface area contributed by atoms with Gasteiger partial charge in [0, 0.05) is 12.0 Å². The van der Waals surface area contributed by atoms with E-state index in [1.54, 1.807) is 20.3 Å². The van der Waals surface area contributed by atoms with Crippen LogP contribution in [0.4, 0.5) is 0 Å². The Morgan fingerprint density at radius 3 is 2.50 bits per heavy atom. The Morgan fingerprint density at radius 1 is 1.04 bits per heavy atom. The molecule has 0 amide bonds. The smallest absolute Gasteiger partial charge is 0.363 e. The van der Waals surface area contributed by atoms with Crippen molar-refractivity contribution in [1.29, 1.82) is 0 Å². The van der Waals surface area contributed by atoms with Gasteiger partial charge in [0.2, 0.25) is 0 Å². The molecule has 2 aromatic rings. The lowest BCUT2D eigenvalue weighted by atomic mass is 10.1. The lowest BCUT2D eigenvalue weighted by molar-refractivity contribution is -0.130. The molecule has 0 bridgehead atoms. The van der Waals surface area contributed by atoms with Crippen molar-refractivity contribution in [3.8, 4) is 11.5 Å². The van der Waals surface area contributed by atoms with Crippen LogP contribution in [-0.2, 0) is 16.0 Å². The van der Waals surface area contributed by atoms with Crippen LogP contribution in [0.2, 0.25) is 0 Å². The fraction of sp³-hybridized carbons (Fsp3) is 0.238. The summed E-state index contributed by atoms with van der Waals surface area (Å²) in [7, 11) is 3.24. The first-order valence-corrected chi connectivity index (χ1v) is 8.38. The fourth-order valence-corrected chi connectivity index (χ4v) is 2.72. The number of esters is 1. The molecular weight excluding hydrogens is 330 g/mol. The summed E-state index contributed by atoms with van der Waals surface area (Å²) in [6, 6.07) is 13.6. The highest BCUT2D eigenvalue weighted by molar-refractivity contribution is 6.07. The molecule has 3 rings (SSSR count). The van der Waals surface area contributed by atoms with E-state index in [4.69, 9.17) is 14.2 Å². The van der Waals surface area contributed by atoms with Crippen molar-refractivity contribution in [2.75, 3.05) is 14.2 Å². The van der Waals surface area contributed by atoms with E-state index in [0.717, 1.165) is 28.9 Å². The quantitative estimate of drug-likeness (QED) is 0.584. The highest BCUT2D eigenvalue weighted by atomic mass is 16.6. The van der Waals surface area contributed by atoms with E-state index in [2.05, 4.69) is 4.99 Å². The van der Waals surface area contributed by atoms with Crippen LogP contribution in [0.25, 0.3) is 6.08 Å². The number of ether oxygens (including phenoxy) is 3. The second-order valence-corrected chi connectivity index (χ2v) is 6.02. The van der Waals surface area contributed by atoms with E-state index in [1.165, 1.54) is 0 Å². The molecule has 134 valence electrons. The van der Waals surface area contributed by atoms with Gasteiger partial charge in [0.05, 0.1) is 14.2 Å². The number of methoxy groups -OCH3 is 2. The van der Waals surface area contributed by atoms with Crippen molar-refractivity contribution >= 4 is 17.9 Å². The van der Waals surface area contributed by atoms with E-state index in [0.29, 0.717) is 23.8 Å². The predicted octanol–water partition coefficient (Wildman–Crippen LogP) is 3.94. The van der Waals surface area contributed by atoms with Crippen molar-refractivity contribution in [2.24, 2.45) is 4.99 Å². The molecule has 0 saturated carbocycles. The first kappa shape index (κ1) is 17.7. The maximum Gasteiger partial charge on any atom is 0.363 e. The zero-order valence-electron chi connectivity index (χ0n) is 15.1. The van der Waals surface area contributed by atoms with Gasteiger partial charge >= 0.3 is 5.97 Å². The Kier molecular flexibility index (Phi) is 5.37. The number of hydrogen-bond acceptors (Lipinski definition) is 5. The number of hydrogen-bond donors (Lipinski definition) is 0. The number of aryl methyl sites for hydroxylation is 2. The summed E-state index contributed by atoms with van der Waals surface area (Å²) in [5.41, 5.74) is 3.30.